The summed E-state index contributed by atoms with van der Waals surface area (Å²) in [4.78, 5) is 3.18. The Bertz CT molecular complexity index is 770. The molecule has 22 heavy (non-hydrogen) atoms. The molecule has 3 aromatic rings. The van der Waals surface area contributed by atoms with Crippen molar-refractivity contribution in [1.82, 2.24) is 4.98 Å². The van der Waals surface area contributed by atoms with Crippen LogP contribution in [0.4, 0.5) is 11.4 Å². The maximum absolute atomic E-state index is 5.68. The molecule has 3 rings (SSSR count). The van der Waals surface area contributed by atoms with Crippen LogP contribution < -0.4 is 14.8 Å². The highest BCUT2D eigenvalue weighted by atomic mass is 35.5. The Morgan fingerprint density at radius 2 is 2.09 bits per heavy atom. The summed E-state index contributed by atoms with van der Waals surface area (Å²) in [5, 5.41) is 4.52. The fourth-order valence-corrected chi connectivity index (χ4v) is 2.45. The van der Waals surface area contributed by atoms with Gasteiger partial charge in [-0.15, -0.1) is 11.6 Å². The molecule has 0 amide bonds. The van der Waals surface area contributed by atoms with Crippen LogP contribution in [0.2, 0.25) is 0 Å². The second-order valence-corrected chi connectivity index (χ2v) is 5.16. The van der Waals surface area contributed by atoms with Crippen molar-refractivity contribution in [2.24, 2.45) is 0 Å². The number of aromatic amines is 1. The van der Waals surface area contributed by atoms with Crippen LogP contribution in [0.5, 0.6) is 11.5 Å². The number of hydrogen-bond donors (Lipinski definition) is 2. The van der Waals surface area contributed by atoms with Crippen LogP contribution in [0.1, 0.15) is 0 Å². The fraction of sp³-hybridized carbons (Fsp3) is 0.176. The zero-order chi connectivity index (χ0) is 15.4. The normalized spacial score (nSPS) is 10.6. The van der Waals surface area contributed by atoms with Crippen LogP contribution in [-0.4, -0.2) is 24.6 Å². The first kappa shape index (κ1) is 14.6. The molecule has 2 N–H and O–H groups in total. The van der Waals surface area contributed by atoms with E-state index in [1.165, 1.54) is 0 Å². The summed E-state index contributed by atoms with van der Waals surface area (Å²) in [6.07, 6.45) is 1.93. The third-order valence-corrected chi connectivity index (χ3v) is 3.50. The van der Waals surface area contributed by atoms with Gasteiger partial charge in [0.2, 0.25) is 0 Å². The van der Waals surface area contributed by atoms with Crippen LogP contribution in [0.15, 0.2) is 48.7 Å². The fourth-order valence-electron chi connectivity index (χ4n) is 2.37. The second kappa shape index (κ2) is 6.62. The molecule has 0 fully saturated rings. The molecule has 0 unspecified atom stereocenters. The summed E-state index contributed by atoms with van der Waals surface area (Å²) in [6.45, 7) is 0.441. The number of nitrogens with one attached hydrogen (secondary N) is 2. The molecule has 0 spiro atoms. The highest BCUT2D eigenvalue weighted by Crippen LogP contribution is 2.37. The summed E-state index contributed by atoms with van der Waals surface area (Å²) in [5.41, 5.74) is 2.95. The zero-order valence-electron chi connectivity index (χ0n) is 12.2. The van der Waals surface area contributed by atoms with Crippen molar-refractivity contribution in [1.29, 1.82) is 0 Å². The molecule has 1 aromatic heterocycles. The minimum absolute atomic E-state index is 0.435. The lowest BCUT2D eigenvalue weighted by atomic mass is 10.2. The maximum atomic E-state index is 5.68. The van der Waals surface area contributed by atoms with E-state index in [4.69, 9.17) is 21.1 Å². The van der Waals surface area contributed by atoms with E-state index < -0.39 is 0 Å². The summed E-state index contributed by atoms with van der Waals surface area (Å²) in [6, 6.07) is 13.9. The van der Waals surface area contributed by atoms with E-state index in [0.29, 0.717) is 24.0 Å². The van der Waals surface area contributed by atoms with Gasteiger partial charge in [0.05, 0.1) is 18.7 Å². The Labute approximate surface area is 134 Å². The van der Waals surface area contributed by atoms with Gasteiger partial charge in [0.15, 0.2) is 11.5 Å². The minimum Gasteiger partial charge on any atom is -0.491 e. The Balaban J connectivity index is 1.90. The van der Waals surface area contributed by atoms with E-state index in [1.807, 2.05) is 42.6 Å². The third kappa shape index (κ3) is 2.97. The molecular weight excluding hydrogens is 300 g/mol. The third-order valence-electron chi connectivity index (χ3n) is 3.35. The van der Waals surface area contributed by atoms with E-state index in [-0.39, 0.29) is 0 Å². The van der Waals surface area contributed by atoms with Crippen molar-refractivity contribution in [2.45, 2.75) is 0 Å². The molecule has 0 aliphatic heterocycles. The summed E-state index contributed by atoms with van der Waals surface area (Å²) in [5.74, 6) is 1.78. The van der Waals surface area contributed by atoms with E-state index in [2.05, 4.69) is 16.4 Å². The lowest BCUT2D eigenvalue weighted by Crippen LogP contribution is -2.02. The molecule has 5 heteroatoms. The monoisotopic (exact) mass is 316 g/mol. The van der Waals surface area contributed by atoms with Gasteiger partial charge in [-0.3, -0.25) is 0 Å². The van der Waals surface area contributed by atoms with Crippen LogP contribution >= 0.6 is 11.6 Å². The number of hydrogen-bond acceptors (Lipinski definition) is 3. The molecule has 1 heterocycles. The SMILES string of the molecule is COc1c(Nc2ccc3[nH]ccc3c2)cccc1OCCCl. The average Bonchev–Trinajstić information content (AvgIpc) is 3.00. The number of para-hydroxylation sites is 1. The zero-order valence-corrected chi connectivity index (χ0v) is 13.0. The highest BCUT2D eigenvalue weighted by Gasteiger charge is 2.10. The van der Waals surface area contributed by atoms with E-state index in [1.54, 1.807) is 7.11 Å². The molecule has 0 radical (unpaired) electrons. The Morgan fingerprint density at radius 3 is 2.91 bits per heavy atom. The van der Waals surface area contributed by atoms with Gasteiger partial charge in [0.25, 0.3) is 0 Å². The molecule has 0 aliphatic rings. The molecule has 0 saturated carbocycles. The average molecular weight is 317 g/mol. The standard InChI is InChI=1S/C17H17ClN2O2/c1-21-17-15(3-2-4-16(17)22-10-8-18)20-13-5-6-14-12(11-13)7-9-19-14/h2-7,9,11,19-20H,8,10H2,1H3. The minimum atomic E-state index is 0.435. The van der Waals surface area contributed by atoms with E-state index in [9.17, 15) is 0 Å². The summed E-state index contributed by atoms with van der Waals surface area (Å²) in [7, 11) is 1.63. The smallest absolute Gasteiger partial charge is 0.184 e. The molecular formula is C17H17ClN2O2. The number of H-pyrrole nitrogens is 1. The first-order valence-electron chi connectivity index (χ1n) is 7.02. The molecule has 0 saturated heterocycles. The number of fused-ring (bicyclic) bond motifs is 1. The van der Waals surface area contributed by atoms with Gasteiger partial charge in [-0.1, -0.05) is 6.07 Å². The molecule has 0 bridgehead atoms. The van der Waals surface area contributed by atoms with Crippen molar-refractivity contribution in [3.63, 3.8) is 0 Å². The number of alkyl halides is 1. The molecule has 114 valence electrons. The van der Waals surface area contributed by atoms with Gasteiger partial charge >= 0.3 is 0 Å². The summed E-state index contributed by atoms with van der Waals surface area (Å²) >= 11 is 5.68. The Kier molecular flexibility index (Phi) is 4.39. The van der Waals surface area contributed by atoms with Crippen LogP contribution in [0, 0.1) is 0 Å². The van der Waals surface area contributed by atoms with Gasteiger partial charge in [-0.25, -0.2) is 0 Å². The maximum Gasteiger partial charge on any atom is 0.184 e. The second-order valence-electron chi connectivity index (χ2n) is 4.78. The number of halogens is 1. The first-order chi connectivity index (χ1) is 10.8. The van der Waals surface area contributed by atoms with Gasteiger partial charge in [-0.2, -0.15) is 0 Å². The predicted molar refractivity (Wildman–Crippen MR) is 90.8 cm³/mol. The molecule has 2 aromatic carbocycles. The molecule has 0 atom stereocenters. The summed E-state index contributed by atoms with van der Waals surface area (Å²) < 4.78 is 11.1. The highest BCUT2D eigenvalue weighted by molar-refractivity contribution is 6.18. The number of methoxy groups -OCH3 is 1. The number of benzene rings is 2. The van der Waals surface area contributed by atoms with Crippen molar-refractivity contribution in [3.05, 3.63) is 48.7 Å². The van der Waals surface area contributed by atoms with Crippen molar-refractivity contribution >= 4 is 33.9 Å². The first-order valence-corrected chi connectivity index (χ1v) is 7.55. The van der Waals surface area contributed by atoms with Crippen LogP contribution in [0.25, 0.3) is 10.9 Å². The van der Waals surface area contributed by atoms with Gasteiger partial charge in [-0.05, 0) is 36.4 Å². The van der Waals surface area contributed by atoms with Crippen LogP contribution in [0.3, 0.4) is 0 Å². The van der Waals surface area contributed by atoms with Gasteiger partial charge in [0.1, 0.15) is 6.61 Å². The number of rotatable bonds is 6. The number of anilines is 2. The predicted octanol–water partition coefficient (Wildman–Crippen LogP) is 4.54. The van der Waals surface area contributed by atoms with Crippen molar-refractivity contribution in [3.8, 4) is 11.5 Å². The van der Waals surface area contributed by atoms with Gasteiger partial charge < -0.3 is 19.8 Å². The van der Waals surface area contributed by atoms with Crippen molar-refractivity contribution < 1.29 is 9.47 Å². The van der Waals surface area contributed by atoms with Crippen LogP contribution in [-0.2, 0) is 0 Å². The molecule has 0 aliphatic carbocycles. The van der Waals surface area contributed by atoms with Crippen molar-refractivity contribution in [2.75, 3.05) is 24.9 Å². The lowest BCUT2D eigenvalue weighted by molar-refractivity contribution is 0.313. The number of aromatic nitrogens is 1. The topological polar surface area (TPSA) is 46.3 Å². The Hall–Kier alpha value is -2.33. The largest absolute Gasteiger partial charge is 0.491 e. The van der Waals surface area contributed by atoms with E-state index >= 15 is 0 Å². The van der Waals surface area contributed by atoms with E-state index in [0.717, 1.165) is 22.3 Å². The Morgan fingerprint density at radius 1 is 1.18 bits per heavy atom. The van der Waals surface area contributed by atoms with Gasteiger partial charge in [0, 0.05) is 22.8 Å². The molecule has 4 nitrogen and oxygen atoms in total. The quantitative estimate of drug-likeness (QED) is 0.656. The lowest BCUT2D eigenvalue weighted by Gasteiger charge is -2.15. The number of ether oxygens (including phenoxy) is 2.